The van der Waals surface area contributed by atoms with Crippen LogP contribution in [0.3, 0.4) is 0 Å². The number of carbonyl (C=O) groups is 1. The number of furan rings is 1. The summed E-state index contributed by atoms with van der Waals surface area (Å²) in [5, 5.41) is 3.43. The Kier molecular flexibility index (Phi) is 5.54. The highest BCUT2D eigenvalue weighted by Crippen LogP contribution is 2.26. The average molecular weight is 297 g/mol. The largest absolute Gasteiger partial charge is 0.468 e. The molecule has 1 aliphatic rings. The van der Waals surface area contributed by atoms with E-state index < -0.39 is 5.54 Å². The lowest BCUT2D eigenvalue weighted by atomic mass is 9.99. The summed E-state index contributed by atoms with van der Waals surface area (Å²) in [6.45, 7) is 4.23. The Morgan fingerprint density at radius 1 is 1.60 bits per heavy atom. The summed E-state index contributed by atoms with van der Waals surface area (Å²) in [7, 11) is 0. The van der Waals surface area contributed by atoms with Gasteiger partial charge in [-0.05, 0) is 51.0 Å². The molecule has 0 saturated heterocycles. The predicted molar refractivity (Wildman–Crippen MR) is 80.7 cm³/mol. The van der Waals surface area contributed by atoms with E-state index in [1.54, 1.807) is 18.0 Å². The van der Waals surface area contributed by atoms with Gasteiger partial charge in [0.1, 0.15) is 11.3 Å². The lowest BCUT2D eigenvalue weighted by Crippen LogP contribution is -2.52. The molecule has 1 aromatic rings. The van der Waals surface area contributed by atoms with Crippen LogP contribution in [-0.2, 0) is 15.3 Å². The van der Waals surface area contributed by atoms with Crippen molar-refractivity contribution in [3.63, 3.8) is 0 Å². The Hall–Kier alpha value is -0.940. The van der Waals surface area contributed by atoms with Gasteiger partial charge in [0.05, 0.1) is 18.6 Å². The van der Waals surface area contributed by atoms with Crippen LogP contribution in [0.15, 0.2) is 22.8 Å². The van der Waals surface area contributed by atoms with Crippen molar-refractivity contribution in [2.45, 2.75) is 50.4 Å². The number of nitrogens with one attached hydrogen (secondary N) is 1. The third kappa shape index (κ3) is 4.56. The molecule has 0 aromatic carbocycles. The fourth-order valence-corrected chi connectivity index (χ4v) is 3.11. The molecule has 2 rings (SSSR count). The van der Waals surface area contributed by atoms with Crippen LogP contribution in [-0.4, -0.2) is 29.9 Å². The van der Waals surface area contributed by atoms with E-state index in [4.69, 9.17) is 9.15 Å². The Morgan fingerprint density at radius 2 is 2.40 bits per heavy atom. The third-order valence-corrected chi connectivity index (χ3v) is 4.38. The summed E-state index contributed by atoms with van der Waals surface area (Å²) in [6, 6.07) is 4.35. The van der Waals surface area contributed by atoms with Gasteiger partial charge in [0, 0.05) is 6.04 Å². The van der Waals surface area contributed by atoms with Crippen molar-refractivity contribution in [1.82, 2.24) is 5.32 Å². The normalized spacial score (nSPS) is 17.7. The smallest absolute Gasteiger partial charge is 0.326 e. The lowest BCUT2D eigenvalue weighted by Gasteiger charge is -2.28. The summed E-state index contributed by atoms with van der Waals surface area (Å²) in [6.07, 6.45) is 4.78. The van der Waals surface area contributed by atoms with Gasteiger partial charge in [0.15, 0.2) is 0 Å². The van der Waals surface area contributed by atoms with E-state index in [0.717, 1.165) is 36.5 Å². The van der Waals surface area contributed by atoms with Gasteiger partial charge in [-0.15, -0.1) is 0 Å². The zero-order valence-corrected chi connectivity index (χ0v) is 13.0. The number of hydrogen-bond donors (Lipinski definition) is 1. The van der Waals surface area contributed by atoms with Crippen LogP contribution < -0.4 is 5.32 Å². The van der Waals surface area contributed by atoms with Gasteiger partial charge in [0.25, 0.3) is 0 Å². The predicted octanol–water partition coefficient (Wildman–Crippen LogP) is 2.98. The van der Waals surface area contributed by atoms with Crippen molar-refractivity contribution in [2.24, 2.45) is 0 Å². The second-order valence-electron chi connectivity index (χ2n) is 5.35. The number of rotatable bonds is 9. The highest BCUT2D eigenvalue weighted by molar-refractivity contribution is 7.98. The molecule has 0 aliphatic heterocycles. The maximum Gasteiger partial charge on any atom is 0.326 e. The standard InChI is InChI=1S/C15H23NO3S/c1-3-18-14(17)15(2,16-12-6-7-12)8-10-20-11-13-5-4-9-19-13/h4-5,9,12,16H,3,6-8,10-11H2,1-2H3. The zero-order chi connectivity index (χ0) is 14.4. The molecular formula is C15H23NO3S. The maximum atomic E-state index is 12.1. The Bertz CT molecular complexity index is 417. The molecule has 20 heavy (non-hydrogen) atoms. The van der Waals surface area contributed by atoms with E-state index in [1.165, 1.54) is 0 Å². The van der Waals surface area contributed by atoms with Crippen molar-refractivity contribution in [2.75, 3.05) is 12.4 Å². The molecule has 112 valence electrons. The van der Waals surface area contributed by atoms with E-state index in [1.807, 2.05) is 26.0 Å². The average Bonchev–Trinajstić information content (AvgIpc) is 3.07. The molecule has 1 heterocycles. The number of thioether (sulfide) groups is 1. The fourth-order valence-electron chi connectivity index (χ4n) is 2.05. The second kappa shape index (κ2) is 7.18. The molecule has 1 atom stereocenters. The van der Waals surface area contributed by atoms with Crippen LogP contribution in [0.4, 0.5) is 0 Å². The lowest BCUT2D eigenvalue weighted by molar-refractivity contribution is -0.150. The Morgan fingerprint density at radius 3 is 3.00 bits per heavy atom. The topological polar surface area (TPSA) is 51.5 Å². The van der Waals surface area contributed by atoms with Crippen molar-refractivity contribution in [3.8, 4) is 0 Å². The monoisotopic (exact) mass is 297 g/mol. The van der Waals surface area contributed by atoms with Crippen molar-refractivity contribution in [1.29, 1.82) is 0 Å². The van der Waals surface area contributed by atoms with Crippen LogP contribution in [0.5, 0.6) is 0 Å². The van der Waals surface area contributed by atoms with Crippen LogP contribution in [0, 0.1) is 0 Å². The van der Waals surface area contributed by atoms with E-state index in [-0.39, 0.29) is 5.97 Å². The molecule has 1 aromatic heterocycles. The first-order chi connectivity index (χ1) is 9.64. The van der Waals surface area contributed by atoms with Crippen LogP contribution >= 0.6 is 11.8 Å². The van der Waals surface area contributed by atoms with Crippen LogP contribution in [0.2, 0.25) is 0 Å². The molecule has 1 aliphatic carbocycles. The molecule has 0 amide bonds. The summed E-state index contributed by atoms with van der Waals surface area (Å²) in [5.41, 5.74) is -0.562. The molecule has 0 spiro atoms. The molecule has 1 unspecified atom stereocenters. The summed E-state index contributed by atoms with van der Waals surface area (Å²) in [4.78, 5) is 12.1. The first kappa shape index (κ1) is 15.4. The van der Waals surface area contributed by atoms with Crippen LogP contribution in [0.25, 0.3) is 0 Å². The van der Waals surface area contributed by atoms with Gasteiger partial charge in [-0.3, -0.25) is 10.1 Å². The van der Waals surface area contributed by atoms with E-state index in [0.29, 0.717) is 12.6 Å². The SMILES string of the molecule is CCOC(=O)C(C)(CCSCc1ccco1)NC1CC1. The van der Waals surface area contributed by atoms with Gasteiger partial charge in [-0.1, -0.05) is 0 Å². The third-order valence-electron chi connectivity index (χ3n) is 3.40. The molecule has 1 N–H and O–H groups in total. The quantitative estimate of drug-likeness (QED) is 0.561. The molecule has 5 heteroatoms. The minimum absolute atomic E-state index is 0.134. The molecule has 0 bridgehead atoms. The van der Waals surface area contributed by atoms with Crippen LogP contribution in [0.1, 0.15) is 38.9 Å². The minimum atomic E-state index is -0.562. The fraction of sp³-hybridized carbons (Fsp3) is 0.667. The Balaban J connectivity index is 1.78. The first-order valence-electron chi connectivity index (χ1n) is 7.19. The van der Waals surface area contributed by atoms with Crippen molar-refractivity contribution < 1.29 is 13.9 Å². The molecule has 1 saturated carbocycles. The van der Waals surface area contributed by atoms with E-state index in [2.05, 4.69) is 5.32 Å². The zero-order valence-electron chi connectivity index (χ0n) is 12.2. The number of ether oxygens (including phenoxy) is 1. The molecule has 1 fully saturated rings. The van der Waals surface area contributed by atoms with E-state index >= 15 is 0 Å². The van der Waals surface area contributed by atoms with Gasteiger partial charge >= 0.3 is 5.97 Å². The number of hydrogen-bond acceptors (Lipinski definition) is 5. The van der Waals surface area contributed by atoms with Gasteiger partial charge in [0.2, 0.25) is 0 Å². The Labute approximate surface area is 124 Å². The summed E-state index contributed by atoms with van der Waals surface area (Å²) >= 11 is 1.78. The number of esters is 1. The van der Waals surface area contributed by atoms with E-state index in [9.17, 15) is 4.79 Å². The highest BCUT2D eigenvalue weighted by Gasteiger charge is 2.39. The van der Waals surface area contributed by atoms with Gasteiger partial charge < -0.3 is 9.15 Å². The first-order valence-corrected chi connectivity index (χ1v) is 8.34. The highest BCUT2D eigenvalue weighted by atomic mass is 32.2. The minimum Gasteiger partial charge on any atom is -0.468 e. The summed E-state index contributed by atoms with van der Waals surface area (Å²) in [5.74, 6) is 2.58. The maximum absolute atomic E-state index is 12.1. The number of carbonyl (C=O) groups excluding carboxylic acids is 1. The van der Waals surface area contributed by atoms with Crippen molar-refractivity contribution >= 4 is 17.7 Å². The molecule has 4 nitrogen and oxygen atoms in total. The van der Waals surface area contributed by atoms with Gasteiger partial charge in [-0.2, -0.15) is 11.8 Å². The molecular weight excluding hydrogens is 274 g/mol. The second-order valence-corrected chi connectivity index (χ2v) is 6.46. The van der Waals surface area contributed by atoms with Gasteiger partial charge in [-0.25, -0.2) is 0 Å². The molecule has 0 radical (unpaired) electrons. The summed E-state index contributed by atoms with van der Waals surface area (Å²) < 4.78 is 10.5. The van der Waals surface area contributed by atoms with Crippen molar-refractivity contribution in [3.05, 3.63) is 24.2 Å².